The van der Waals surface area contributed by atoms with Gasteiger partial charge in [0.1, 0.15) is 10.7 Å². The van der Waals surface area contributed by atoms with Gasteiger partial charge in [-0.3, -0.25) is 0 Å². The van der Waals surface area contributed by atoms with Gasteiger partial charge in [-0.1, -0.05) is 33.2 Å². The summed E-state index contributed by atoms with van der Waals surface area (Å²) in [5.74, 6) is -0.650. The predicted octanol–water partition coefficient (Wildman–Crippen LogP) is 5.10. The molecular weight excluding hydrogens is 380 g/mol. The molecule has 0 atom stereocenters. The first kappa shape index (κ1) is 17.2. The summed E-state index contributed by atoms with van der Waals surface area (Å²) < 4.78 is 5.87. The van der Waals surface area contributed by atoms with Crippen molar-refractivity contribution in [2.24, 2.45) is 5.11 Å². The van der Waals surface area contributed by atoms with Crippen LogP contribution in [0.4, 0.5) is 0 Å². The van der Waals surface area contributed by atoms with E-state index in [0.717, 1.165) is 25.6 Å². The average Bonchev–Trinajstić information content (AvgIpc) is 2.89. The molecule has 0 fully saturated rings. The summed E-state index contributed by atoms with van der Waals surface area (Å²) in [7, 11) is 0. The molecule has 2 aromatic rings. The normalized spacial score (nSPS) is 11.0. The molecule has 0 saturated heterocycles. The highest BCUT2D eigenvalue weighted by Gasteiger charge is 2.13. The van der Waals surface area contributed by atoms with Gasteiger partial charge in [0.15, 0.2) is 0 Å². The number of rotatable bonds is 5. The molecule has 1 heterocycles. The van der Waals surface area contributed by atoms with Crippen LogP contribution < -0.4 is 0 Å². The standard InChI is InChI=1S/C15H13BrN4O2S/c1-3-22-15(21)12(19-20-17)8-13-9(2)18-14(23-13)10-4-6-11(16)7-5-10/h4-8H,3H2,1-2H3/b12-8-. The fraction of sp³-hybridized carbons (Fsp3) is 0.200. The number of halogens is 1. The zero-order valence-corrected chi connectivity index (χ0v) is 14.9. The van der Waals surface area contributed by atoms with E-state index in [4.69, 9.17) is 10.3 Å². The van der Waals surface area contributed by atoms with Gasteiger partial charge in [-0.25, -0.2) is 9.78 Å². The number of thiazole rings is 1. The number of benzene rings is 1. The predicted molar refractivity (Wildman–Crippen MR) is 93.7 cm³/mol. The highest BCUT2D eigenvalue weighted by atomic mass is 79.9. The Labute approximate surface area is 145 Å². The van der Waals surface area contributed by atoms with E-state index in [2.05, 4.69) is 30.9 Å². The van der Waals surface area contributed by atoms with Crippen LogP contribution in [0.5, 0.6) is 0 Å². The summed E-state index contributed by atoms with van der Waals surface area (Å²) >= 11 is 4.81. The van der Waals surface area contributed by atoms with E-state index < -0.39 is 5.97 Å². The highest BCUT2D eigenvalue weighted by molar-refractivity contribution is 9.10. The lowest BCUT2D eigenvalue weighted by molar-refractivity contribution is -0.138. The molecule has 0 aliphatic rings. The molecule has 0 N–H and O–H groups in total. The lowest BCUT2D eigenvalue weighted by Crippen LogP contribution is -2.05. The van der Waals surface area contributed by atoms with Crippen molar-refractivity contribution in [2.75, 3.05) is 6.61 Å². The van der Waals surface area contributed by atoms with Crippen molar-refractivity contribution >= 4 is 39.3 Å². The second kappa shape index (κ2) is 7.92. The van der Waals surface area contributed by atoms with Crippen LogP contribution in [0.15, 0.2) is 39.5 Å². The molecule has 0 amide bonds. The van der Waals surface area contributed by atoms with E-state index in [1.165, 1.54) is 17.4 Å². The van der Waals surface area contributed by atoms with E-state index in [1.54, 1.807) is 6.92 Å². The summed E-state index contributed by atoms with van der Waals surface area (Å²) in [6.07, 6.45) is 1.51. The van der Waals surface area contributed by atoms with Gasteiger partial charge in [0.05, 0.1) is 17.2 Å². The molecule has 1 aromatic heterocycles. The second-order valence-corrected chi connectivity index (χ2v) is 6.36. The largest absolute Gasteiger partial charge is 0.462 e. The smallest absolute Gasteiger partial charge is 0.340 e. The zero-order valence-electron chi connectivity index (χ0n) is 12.5. The van der Waals surface area contributed by atoms with Crippen molar-refractivity contribution < 1.29 is 9.53 Å². The molecule has 0 bridgehead atoms. The molecule has 0 unspecified atom stereocenters. The molecule has 118 valence electrons. The van der Waals surface area contributed by atoms with Crippen LogP contribution in [0.25, 0.3) is 27.1 Å². The third-order valence-electron chi connectivity index (χ3n) is 2.83. The molecule has 1 aromatic carbocycles. The van der Waals surface area contributed by atoms with Crippen LogP contribution in [0.3, 0.4) is 0 Å². The molecule has 0 spiro atoms. The van der Waals surface area contributed by atoms with E-state index >= 15 is 0 Å². The van der Waals surface area contributed by atoms with E-state index in [9.17, 15) is 4.79 Å². The maximum Gasteiger partial charge on any atom is 0.340 e. The number of azide groups is 1. The first-order valence-corrected chi connectivity index (χ1v) is 8.33. The first-order valence-electron chi connectivity index (χ1n) is 6.72. The number of nitrogens with zero attached hydrogens (tertiary/aromatic N) is 4. The fourth-order valence-electron chi connectivity index (χ4n) is 1.76. The minimum atomic E-state index is -0.650. The number of aromatic nitrogens is 1. The van der Waals surface area contributed by atoms with Gasteiger partial charge in [0.25, 0.3) is 0 Å². The van der Waals surface area contributed by atoms with Crippen LogP contribution in [-0.2, 0) is 9.53 Å². The van der Waals surface area contributed by atoms with Crippen molar-refractivity contribution in [3.8, 4) is 10.6 Å². The highest BCUT2D eigenvalue weighted by Crippen LogP contribution is 2.30. The van der Waals surface area contributed by atoms with Gasteiger partial charge < -0.3 is 4.74 Å². The Morgan fingerprint density at radius 3 is 2.78 bits per heavy atom. The monoisotopic (exact) mass is 392 g/mol. The average molecular weight is 393 g/mol. The molecule has 0 aliphatic carbocycles. The molecule has 8 heteroatoms. The van der Waals surface area contributed by atoms with Gasteiger partial charge in [0.2, 0.25) is 0 Å². The molecular formula is C15H13BrN4O2S. The molecule has 23 heavy (non-hydrogen) atoms. The van der Waals surface area contributed by atoms with Crippen LogP contribution in [0, 0.1) is 6.92 Å². The summed E-state index contributed by atoms with van der Waals surface area (Å²) in [6, 6.07) is 7.78. The summed E-state index contributed by atoms with van der Waals surface area (Å²) in [6.45, 7) is 3.74. The second-order valence-electron chi connectivity index (χ2n) is 4.42. The topological polar surface area (TPSA) is 88.0 Å². The Balaban J connectivity index is 2.39. The Kier molecular flexibility index (Phi) is 5.92. The maximum absolute atomic E-state index is 11.8. The summed E-state index contributed by atoms with van der Waals surface area (Å²) in [5.41, 5.74) is 10.3. The molecule has 2 rings (SSSR count). The van der Waals surface area contributed by atoms with Crippen molar-refractivity contribution in [1.29, 1.82) is 0 Å². The SMILES string of the molecule is CCOC(=O)/C(=C/c1sc(-c2ccc(Br)cc2)nc1C)N=[N+]=[N-]. The molecule has 0 aliphatic heterocycles. The number of ether oxygens (including phenoxy) is 1. The Morgan fingerprint density at radius 1 is 1.48 bits per heavy atom. The van der Waals surface area contributed by atoms with Crippen LogP contribution in [0.1, 0.15) is 17.5 Å². The third kappa shape index (κ3) is 4.41. The Morgan fingerprint density at radius 2 is 2.17 bits per heavy atom. The number of aryl methyl sites for hydroxylation is 1. The van der Waals surface area contributed by atoms with Gasteiger partial charge in [-0.15, -0.1) is 11.3 Å². The van der Waals surface area contributed by atoms with E-state index in [1.807, 2.05) is 31.2 Å². The van der Waals surface area contributed by atoms with Gasteiger partial charge in [-0.2, -0.15) is 0 Å². The first-order chi connectivity index (χ1) is 11.0. The van der Waals surface area contributed by atoms with Crippen molar-refractivity contribution in [2.45, 2.75) is 13.8 Å². The molecule has 0 radical (unpaired) electrons. The lowest BCUT2D eigenvalue weighted by Gasteiger charge is -2.00. The van der Waals surface area contributed by atoms with Crippen LogP contribution in [-0.4, -0.2) is 17.6 Å². The van der Waals surface area contributed by atoms with E-state index in [0.29, 0.717) is 0 Å². The van der Waals surface area contributed by atoms with Crippen molar-refractivity contribution in [3.05, 3.63) is 55.4 Å². The number of hydrogen-bond acceptors (Lipinski definition) is 5. The van der Waals surface area contributed by atoms with Gasteiger partial charge in [-0.05, 0) is 37.6 Å². The Bertz CT molecular complexity index is 792. The lowest BCUT2D eigenvalue weighted by atomic mass is 10.2. The fourth-order valence-corrected chi connectivity index (χ4v) is 3.04. The maximum atomic E-state index is 11.8. The number of esters is 1. The van der Waals surface area contributed by atoms with Crippen molar-refractivity contribution in [3.63, 3.8) is 0 Å². The quantitative estimate of drug-likeness (QED) is 0.233. The van der Waals surface area contributed by atoms with Crippen LogP contribution >= 0.6 is 27.3 Å². The van der Waals surface area contributed by atoms with E-state index in [-0.39, 0.29) is 12.3 Å². The number of carbonyl (C=O) groups is 1. The zero-order chi connectivity index (χ0) is 16.8. The van der Waals surface area contributed by atoms with Crippen LogP contribution in [0.2, 0.25) is 0 Å². The van der Waals surface area contributed by atoms with Crippen molar-refractivity contribution in [1.82, 2.24) is 4.98 Å². The summed E-state index contributed by atoms with van der Waals surface area (Å²) in [4.78, 5) is 19.7. The number of hydrogen-bond donors (Lipinski definition) is 0. The molecule has 6 nitrogen and oxygen atoms in total. The molecule has 0 saturated carbocycles. The number of carbonyl (C=O) groups excluding carboxylic acids is 1. The Hall–Kier alpha value is -2.15. The minimum absolute atomic E-state index is 0.0801. The third-order valence-corrected chi connectivity index (χ3v) is 4.51. The summed E-state index contributed by atoms with van der Waals surface area (Å²) in [5, 5.41) is 4.24. The van der Waals surface area contributed by atoms with Gasteiger partial charge >= 0.3 is 5.97 Å². The minimum Gasteiger partial charge on any atom is -0.462 e. The van der Waals surface area contributed by atoms with Gasteiger partial charge in [0, 0.05) is 14.9 Å².